The molecule has 3 aromatic rings. The molecule has 21 heavy (non-hydrogen) atoms. The molecule has 0 aliphatic rings. The molecular weight excluding hydrogens is 324 g/mol. The van der Waals surface area contributed by atoms with E-state index < -0.39 is 0 Å². The van der Waals surface area contributed by atoms with Gasteiger partial charge in [0, 0.05) is 16.7 Å². The second-order valence-electron chi connectivity index (χ2n) is 4.98. The summed E-state index contributed by atoms with van der Waals surface area (Å²) in [6.45, 7) is 0.537. The van der Waals surface area contributed by atoms with Gasteiger partial charge in [-0.15, -0.1) is 0 Å². The van der Waals surface area contributed by atoms with Gasteiger partial charge in [0.1, 0.15) is 0 Å². The van der Waals surface area contributed by atoms with E-state index in [2.05, 4.69) is 69.8 Å². The van der Waals surface area contributed by atoms with Crippen molar-refractivity contribution in [1.29, 1.82) is 0 Å². The summed E-state index contributed by atoms with van der Waals surface area (Å²) in [7, 11) is 0. The molecule has 0 saturated heterocycles. The van der Waals surface area contributed by atoms with Crippen LogP contribution in [0.3, 0.4) is 0 Å². The summed E-state index contributed by atoms with van der Waals surface area (Å²) in [4.78, 5) is 0. The molecule has 0 amide bonds. The molecule has 2 nitrogen and oxygen atoms in total. The third-order valence-corrected chi connectivity index (χ3v) is 4.33. The number of anilines is 1. The molecule has 3 rings (SSSR count). The average Bonchev–Trinajstić information content (AvgIpc) is 2.54. The minimum atomic E-state index is 0.0785. The number of para-hydroxylation sites is 1. The predicted molar refractivity (Wildman–Crippen MR) is 93.5 cm³/mol. The van der Waals surface area contributed by atoms with Crippen molar-refractivity contribution in [3.05, 3.63) is 76.8 Å². The zero-order chi connectivity index (χ0) is 14.7. The zero-order valence-corrected chi connectivity index (χ0v) is 13.2. The van der Waals surface area contributed by atoms with E-state index in [0.717, 1.165) is 10.2 Å². The van der Waals surface area contributed by atoms with Crippen molar-refractivity contribution in [1.82, 2.24) is 0 Å². The van der Waals surface area contributed by atoms with Gasteiger partial charge in [-0.25, -0.2) is 0 Å². The number of fused-ring (bicyclic) bond motifs is 1. The topological polar surface area (TPSA) is 38.0 Å². The van der Waals surface area contributed by atoms with Crippen LogP contribution in [-0.2, 0) is 0 Å². The molecule has 0 heterocycles. The average molecular weight is 341 g/mol. The summed E-state index contributed by atoms with van der Waals surface area (Å²) in [5, 5.41) is 6.02. The van der Waals surface area contributed by atoms with E-state index >= 15 is 0 Å². The third-order valence-electron chi connectivity index (χ3n) is 3.64. The maximum absolute atomic E-state index is 6.02. The molecule has 0 spiro atoms. The number of hydrogen-bond acceptors (Lipinski definition) is 2. The van der Waals surface area contributed by atoms with Crippen molar-refractivity contribution < 1.29 is 0 Å². The Morgan fingerprint density at radius 1 is 0.905 bits per heavy atom. The maximum Gasteiger partial charge on any atom is 0.0642 e. The van der Waals surface area contributed by atoms with E-state index in [9.17, 15) is 0 Å². The van der Waals surface area contributed by atoms with Gasteiger partial charge < -0.3 is 11.1 Å². The van der Waals surface area contributed by atoms with Gasteiger partial charge in [-0.1, -0.05) is 54.6 Å². The highest BCUT2D eigenvalue weighted by Crippen LogP contribution is 2.29. The van der Waals surface area contributed by atoms with Crippen LogP contribution in [0.25, 0.3) is 10.8 Å². The summed E-state index contributed by atoms with van der Waals surface area (Å²) < 4.78 is 1.05. The van der Waals surface area contributed by atoms with E-state index in [0.29, 0.717) is 6.54 Å². The molecule has 3 N–H and O–H groups in total. The highest BCUT2D eigenvalue weighted by atomic mass is 79.9. The van der Waals surface area contributed by atoms with E-state index in [1.54, 1.807) is 0 Å². The van der Waals surface area contributed by atoms with Crippen molar-refractivity contribution in [2.24, 2.45) is 5.73 Å². The quantitative estimate of drug-likeness (QED) is 0.721. The molecule has 0 radical (unpaired) electrons. The lowest BCUT2D eigenvalue weighted by molar-refractivity contribution is 0.796. The molecule has 3 heteroatoms. The number of benzene rings is 3. The van der Waals surface area contributed by atoms with Crippen molar-refractivity contribution >= 4 is 32.4 Å². The fourth-order valence-corrected chi connectivity index (χ4v) is 2.98. The smallest absolute Gasteiger partial charge is 0.0642 e. The van der Waals surface area contributed by atoms with Gasteiger partial charge in [0.05, 0.1) is 6.04 Å². The van der Waals surface area contributed by atoms with Crippen molar-refractivity contribution in [2.45, 2.75) is 6.04 Å². The molecule has 1 atom stereocenters. The van der Waals surface area contributed by atoms with Crippen molar-refractivity contribution in [2.75, 3.05) is 11.9 Å². The molecule has 0 bridgehead atoms. The molecule has 0 saturated carbocycles. The van der Waals surface area contributed by atoms with Crippen LogP contribution in [-0.4, -0.2) is 6.54 Å². The van der Waals surface area contributed by atoms with Gasteiger partial charge in [0.15, 0.2) is 0 Å². The Kier molecular flexibility index (Phi) is 4.23. The van der Waals surface area contributed by atoms with Gasteiger partial charge in [-0.2, -0.15) is 0 Å². The second-order valence-corrected chi connectivity index (χ2v) is 5.84. The summed E-state index contributed by atoms with van der Waals surface area (Å²) >= 11 is 3.57. The minimum Gasteiger partial charge on any atom is -0.376 e. The minimum absolute atomic E-state index is 0.0785. The highest BCUT2D eigenvalue weighted by molar-refractivity contribution is 9.10. The van der Waals surface area contributed by atoms with E-state index in [4.69, 9.17) is 5.73 Å². The largest absolute Gasteiger partial charge is 0.376 e. The van der Waals surface area contributed by atoms with Crippen LogP contribution in [0, 0.1) is 0 Å². The fourth-order valence-electron chi connectivity index (χ4n) is 2.58. The first-order chi connectivity index (χ1) is 10.3. The Labute approximate surface area is 133 Å². The number of rotatable bonds is 4. The van der Waals surface area contributed by atoms with Crippen LogP contribution in [0.5, 0.6) is 0 Å². The first-order valence-corrected chi connectivity index (χ1v) is 7.77. The molecule has 1 unspecified atom stereocenters. The van der Waals surface area contributed by atoms with Gasteiger partial charge >= 0.3 is 0 Å². The Balaban J connectivity index is 2.01. The van der Waals surface area contributed by atoms with Crippen LogP contribution in [0.15, 0.2) is 71.2 Å². The maximum atomic E-state index is 6.02. The van der Waals surface area contributed by atoms with Crippen LogP contribution in [0.2, 0.25) is 0 Å². The number of hydrogen-bond donors (Lipinski definition) is 2. The van der Waals surface area contributed by atoms with Gasteiger partial charge in [0.25, 0.3) is 0 Å². The summed E-state index contributed by atoms with van der Waals surface area (Å²) in [5.41, 5.74) is 8.30. The summed E-state index contributed by atoms with van der Waals surface area (Å²) in [5.74, 6) is 0. The first kappa shape index (κ1) is 14.1. The standard InChI is InChI=1S/C18H17BrN2/c19-16-10-3-4-11-17(16)21-18(12-20)15-9-5-7-13-6-1-2-8-14(13)15/h1-11,18,21H,12,20H2. The summed E-state index contributed by atoms with van der Waals surface area (Å²) in [6.07, 6.45) is 0. The van der Waals surface area contributed by atoms with Gasteiger partial charge in [-0.3, -0.25) is 0 Å². The Bertz CT molecular complexity index is 750. The molecule has 0 fully saturated rings. The fraction of sp³-hybridized carbons (Fsp3) is 0.111. The Hall–Kier alpha value is -1.84. The van der Waals surface area contributed by atoms with Crippen molar-refractivity contribution in [3.8, 4) is 0 Å². The predicted octanol–water partition coefficient (Wildman–Crippen LogP) is 4.71. The number of halogens is 1. The Morgan fingerprint density at radius 2 is 1.62 bits per heavy atom. The lowest BCUT2D eigenvalue weighted by atomic mass is 9.98. The van der Waals surface area contributed by atoms with Crippen LogP contribution >= 0.6 is 15.9 Å². The number of nitrogens with two attached hydrogens (primary N) is 1. The van der Waals surface area contributed by atoms with E-state index in [1.807, 2.05) is 18.2 Å². The van der Waals surface area contributed by atoms with E-state index in [-0.39, 0.29) is 6.04 Å². The van der Waals surface area contributed by atoms with Crippen LogP contribution in [0.1, 0.15) is 11.6 Å². The monoisotopic (exact) mass is 340 g/mol. The molecule has 106 valence electrons. The molecule has 0 aliphatic carbocycles. The summed E-state index contributed by atoms with van der Waals surface area (Å²) in [6, 6.07) is 22.9. The molecule has 3 aromatic carbocycles. The first-order valence-electron chi connectivity index (χ1n) is 6.98. The molecule has 0 aromatic heterocycles. The van der Waals surface area contributed by atoms with Gasteiger partial charge in [0.2, 0.25) is 0 Å². The lowest BCUT2D eigenvalue weighted by Gasteiger charge is -2.21. The third kappa shape index (κ3) is 2.94. The highest BCUT2D eigenvalue weighted by Gasteiger charge is 2.13. The normalized spacial score (nSPS) is 12.3. The second kappa shape index (κ2) is 6.29. The van der Waals surface area contributed by atoms with Crippen LogP contribution in [0.4, 0.5) is 5.69 Å². The van der Waals surface area contributed by atoms with Crippen LogP contribution < -0.4 is 11.1 Å². The SMILES string of the molecule is NCC(Nc1ccccc1Br)c1cccc2ccccc12. The van der Waals surface area contributed by atoms with Gasteiger partial charge in [-0.05, 0) is 44.4 Å². The number of nitrogens with one attached hydrogen (secondary N) is 1. The van der Waals surface area contributed by atoms with E-state index in [1.165, 1.54) is 16.3 Å². The molecule has 0 aliphatic heterocycles. The Morgan fingerprint density at radius 3 is 2.43 bits per heavy atom. The molecular formula is C18H17BrN2. The lowest BCUT2D eigenvalue weighted by Crippen LogP contribution is -2.21. The zero-order valence-electron chi connectivity index (χ0n) is 11.6. The van der Waals surface area contributed by atoms with Crippen molar-refractivity contribution in [3.63, 3.8) is 0 Å².